The Labute approximate surface area is 117 Å². The maximum atomic E-state index is 13.2. The third kappa shape index (κ3) is 4.75. The molecule has 0 aromatic heterocycles. The molecule has 2 unspecified atom stereocenters. The third-order valence-electron chi connectivity index (χ3n) is 3.10. The fraction of sp³-hybridized carbons (Fsp3) is 0.400. The first-order valence-corrected chi connectivity index (χ1v) is 6.46. The first-order chi connectivity index (χ1) is 9.45. The molecule has 110 valence electrons. The summed E-state index contributed by atoms with van der Waals surface area (Å²) >= 11 is 0. The Balaban J connectivity index is 2.83. The number of benzene rings is 1. The number of carboxylic acids is 1. The van der Waals surface area contributed by atoms with Gasteiger partial charge in [0.25, 0.3) is 0 Å². The molecule has 20 heavy (non-hydrogen) atoms. The molecule has 0 radical (unpaired) electrons. The number of aliphatic carboxylic acids is 1. The molecule has 3 N–H and O–H groups in total. The topological polar surface area (TPSA) is 69.6 Å². The Bertz CT molecular complexity index is 476. The zero-order valence-electron chi connectivity index (χ0n) is 11.5. The van der Waals surface area contributed by atoms with Crippen LogP contribution in [0.1, 0.15) is 30.1 Å². The monoisotopic (exact) mass is 281 g/mol. The van der Waals surface area contributed by atoms with Gasteiger partial charge in [-0.15, -0.1) is 6.58 Å². The van der Waals surface area contributed by atoms with Crippen molar-refractivity contribution in [3.63, 3.8) is 0 Å². The largest absolute Gasteiger partial charge is 0.481 e. The van der Waals surface area contributed by atoms with Crippen LogP contribution in [-0.2, 0) is 4.79 Å². The van der Waals surface area contributed by atoms with Crippen molar-refractivity contribution >= 4 is 5.97 Å². The van der Waals surface area contributed by atoms with Crippen LogP contribution in [0.2, 0.25) is 0 Å². The number of carboxylic acid groups (broad SMARTS) is 1. The molecule has 2 atom stereocenters. The number of hydrogen-bond acceptors (Lipinski definition) is 3. The minimum Gasteiger partial charge on any atom is -0.481 e. The molecule has 1 aromatic rings. The van der Waals surface area contributed by atoms with Gasteiger partial charge >= 0.3 is 5.97 Å². The highest BCUT2D eigenvalue weighted by Gasteiger charge is 2.21. The molecule has 0 bridgehead atoms. The second kappa shape index (κ2) is 7.77. The number of rotatable bonds is 8. The van der Waals surface area contributed by atoms with Crippen LogP contribution in [0.3, 0.4) is 0 Å². The second-order valence-electron chi connectivity index (χ2n) is 4.69. The molecule has 0 aliphatic rings. The molecule has 1 rings (SSSR count). The minimum atomic E-state index is -0.919. The van der Waals surface area contributed by atoms with Gasteiger partial charge in [0.15, 0.2) is 0 Å². The SMILES string of the molecule is C=CCNC(CCC(=O)O)C(O)c1ccc(F)c(C)c1. The van der Waals surface area contributed by atoms with Crippen molar-refractivity contribution in [3.8, 4) is 0 Å². The van der Waals surface area contributed by atoms with Crippen LogP contribution in [0, 0.1) is 12.7 Å². The molecule has 0 aliphatic heterocycles. The van der Waals surface area contributed by atoms with Crippen molar-refractivity contribution in [2.45, 2.75) is 31.9 Å². The van der Waals surface area contributed by atoms with Crippen LogP contribution < -0.4 is 5.32 Å². The fourth-order valence-corrected chi connectivity index (χ4v) is 1.97. The van der Waals surface area contributed by atoms with Gasteiger partial charge in [0.05, 0.1) is 6.10 Å². The summed E-state index contributed by atoms with van der Waals surface area (Å²) in [6.45, 7) is 5.66. The minimum absolute atomic E-state index is 0.0496. The van der Waals surface area contributed by atoms with Gasteiger partial charge in [0, 0.05) is 19.0 Å². The standard InChI is InChI=1S/C15H20FNO3/c1-3-8-17-13(6-7-14(18)19)15(20)11-4-5-12(16)10(2)9-11/h3-5,9,13,15,17,20H,1,6-8H2,2H3,(H,18,19). The van der Waals surface area contributed by atoms with E-state index in [0.717, 1.165) is 0 Å². The van der Waals surface area contributed by atoms with Gasteiger partial charge in [0.1, 0.15) is 5.82 Å². The number of nitrogens with one attached hydrogen (secondary N) is 1. The predicted octanol–water partition coefficient (Wildman–Crippen LogP) is 2.18. The number of aliphatic hydroxyl groups is 1. The number of aryl methyl sites for hydroxylation is 1. The number of hydrogen-bond donors (Lipinski definition) is 3. The first-order valence-electron chi connectivity index (χ1n) is 6.46. The van der Waals surface area contributed by atoms with E-state index in [0.29, 0.717) is 17.7 Å². The van der Waals surface area contributed by atoms with Gasteiger partial charge in [-0.3, -0.25) is 4.79 Å². The van der Waals surface area contributed by atoms with E-state index in [1.165, 1.54) is 12.1 Å². The van der Waals surface area contributed by atoms with Gasteiger partial charge in [-0.25, -0.2) is 4.39 Å². The van der Waals surface area contributed by atoms with E-state index < -0.39 is 18.1 Å². The average Bonchev–Trinajstić information content (AvgIpc) is 2.41. The summed E-state index contributed by atoms with van der Waals surface area (Å²) in [4.78, 5) is 10.7. The molecule has 0 saturated heterocycles. The summed E-state index contributed by atoms with van der Waals surface area (Å²) in [6, 6.07) is 3.96. The summed E-state index contributed by atoms with van der Waals surface area (Å²) < 4.78 is 13.2. The molecule has 0 aliphatic carbocycles. The highest BCUT2D eigenvalue weighted by Crippen LogP contribution is 2.22. The van der Waals surface area contributed by atoms with Gasteiger partial charge in [-0.1, -0.05) is 18.2 Å². The summed E-state index contributed by atoms with van der Waals surface area (Å²) in [7, 11) is 0. The average molecular weight is 281 g/mol. The smallest absolute Gasteiger partial charge is 0.303 e. The highest BCUT2D eigenvalue weighted by atomic mass is 19.1. The van der Waals surface area contributed by atoms with Crippen LogP contribution in [0.25, 0.3) is 0 Å². The number of aliphatic hydroxyl groups excluding tert-OH is 1. The van der Waals surface area contributed by atoms with Crippen molar-refractivity contribution in [2.75, 3.05) is 6.54 Å². The van der Waals surface area contributed by atoms with E-state index in [4.69, 9.17) is 5.11 Å². The lowest BCUT2D eigenvalue weighted by molar-refractivity contribution is -0.137. The van der Waals surface area contributed by atoms with E-state index in [9.17, 15) is 14.3 Å². The molecule has 5 heteroatoms. The molecular formula is C15H20FNO3. The lowest BCUT2D eigenvalue weighted by Crippen LogP contribution is -2.35. The third-order valence-corrected chi connectivity index (χ3v) is 3.10. The number of halogens is 1. The van der Waals surface area contributed by atoms with Crippen molar-refractivity contribution < 1.29 is 19.4 Å². The molecular weight excluding hydrogens is 261 g/mol. The highest BCUT2D eigenvalue weighted by molar-refractivity contribution is 5.66. The maximum absolute atomic E-state index is 13.2. The lowest BCUT2D eigenvalue weighted by atomic mass is 9.97. The molecule has 0 fully saturated rings. The van der Waals surface area contributed by atoms with Crippen molar-refractivity contribution in [1.29, 1.82) is 0 Å². The Kier molecular flexibility index (Phi) is 6.35. The van der Waals surface area contributed by atoms with E-state index in [-0.39, 0.29) is 18.7 Å². The van der Waals surface area contributed by atoms with E-state index >= 15 is 0 Å². The van der Waals surface area contributed by atoms with Crippen LogP contribution in [0.5, 0.6) is 0 Å². The van der Waals surface area contributed by atoms with Crippen LogP contribution in [-0.4, -0.2) is 28.8 Å². The normalized spacial score (nSPS) is 13.8. The molecule has 0 heterocycles. The zero-order valence-corrected chi connectivity index (χ0v) is 11.5. The summed E-state index contributed by atoms with van der Waals surface area (Å²) in [6.07, 6.45) is 0.969. The quantitative estimate of drug-likeness (QED) is 0.639. The molecule has 4 nitrogen and oxygen atoms in total. The van der Waals surface area contributed by atoms with Gasteiger partial charge in [-0.2, -0.15) is 0 Å². The zero-order chi connectivity index (χ0) is 15.1. The van der Waals surface area contributed by atoms with Crippen molar-refractivity contribution in [3.05, 3.63) is 47.8 Å². The lowest BCUT2D eigenvalue weighted by Gasteiger charge is -2.24. The molecule has 0 amide bonds. The first kappa shape index (κ1) is 16.3. The Morgan fingerprint density at radius 3 is 2.80 bits per heavy atom. The van der Waals surface area contributed by atoms with Gasteiger partial charge in [0.2, 0.25) is 0 Å². The summed E-state index contributed by atoms with van der Waals surface area (Å²) in [5.74, 6) is -1.25. The van der Waals surface area contributed by atoms with E-state index in [2.05, 4.69) is 11.9 Å². The van der Waals surface area contributed by atoms with Crippen LogP contribution in [0.15, 0.2) is 30.9 Å². The molecule has 1 aromatic carbocycles. The fourth-order valence-electron chi connectivity index (χ4n) is 1.97. The van der Waals surface area contributed by atoms with Gasteiger partial charge in [-0.05, 0) is 30.5 Å². The van der Waals surface area contributed by atoms with E-state index in [1.54, 1.807) is 19.1 Å². The summed E-state index contributed by atoms with van der Waals surface area (Å²) in [5.41, 5.74) is 1.01. The molecule has 0 spiro atoms. The Morgan fingerprint density at radius 2 is 2.25 bits per heavy atom. The number of carbonyl (C=O) groups is 1. The van der Waals surface area contributed by atoms with Gasteiger partial charge < -0.3 is 15.5 Å². The summed E-state index contributed by atoms with van der Waals surface area (Å²) in [5, 5.41) is 22.1. The second-order valence-corrected chi connectivity index (χ2v) is 4.69. The maximum Gasteiger partial charge on any atom is 0.303 e. The molecule has 0 saturated carbocycles. The predicted molar refractivity (Wildman–Crippen MR) is 75.0 cm³/mol. The van der Waals surface area contributed by atoms with E-state index in [1.807, 2.05) is 0 Å². The Hall–Kier alpha value is -1.72. The van der Waals surface area contributed by atoms with Crippen LogP contribution in [0.4, 0.5) is 4.39 Å². The Morgan fingerprint density at radius 1 is 1.55 bits per heavy atom. The van der Waals surface area contributed by atoms with Crippen molar-refractivity contribution in [1.82, 2.24) is 5.32 Å². The van der Waals surface area contributed by atoms with Crippen molar-refractivity contribution in [2.24, 2.45) is 0 Å². The van der Waals surface area contributed by atoms with Crippen LogP contribution >= 0.6 is 0 Å².